The number of sulfone groups is 1. The molecule has 164 valence electrons. The maximum Gasteiger partial charge on any atom is 0.152 e. The van der Waals surface area contributed by atoms with Crippen molar-refractivity contribution in [2.24, 2.45) is 11.8 Å². The van der Waals surface area contributed by atoms with Crippen molar-refractivity contribution in [3.63, 3.8) is 0 Å². The zero-order valence-corrected chi connectivity index (χ0v) is 19.7. The Balaban J connectivity index is 1.29. The molecule has 0 saturated carbocycles. The first-order valence-electron chi connectivity index (χ1n) is 11.0. The van der Waals surface area contributed by atoms with Crippen LogP contribution in [0.15, 0.2) is 12.1 Å². The molecule has 30 heavy (non-hydrogen) atoms. The van der Waals surface area contributed by atoms with Gasteiger partial charge in [0.2, 0.25) is 0 Å². The van der Waals surface area contributed by atoms with E-state index in [0.29, 0.717) is 52.4 Å². The van der Waals surface area contributed by atoms with Gasteiger partial charge >= 0.3 is 0 Å². The molecule has 3 heterocycles. The van der Waals surface area contributed by atoms with Gasteiger partial charge in [0, 0.05) is 49.3 Å². The summed E-state index contributed by atoms with van der Waals surface area (Å²) >= 11 is 12.6. The lowest BCUT2D eigenvalue weighted by Gasteiger charge is -2.45. The molecule has 3 aliphatic rings. The van der Waals surface area contributed by atoms with Crippen LogP contribution in [0.4, 0.5) is 0 Å². The summed E-state index contributed by atoms with van der Waals surface area (Å²) < 4.78 is 23.3. The number of nitrogens with one attached hydrogen (secondary N) is 1. The van der Waals surface area contributed by atoms with Crippen LogP contribution in [0.3, 0.4) is 0 Å². The lowest BCUT2D eigenvalue weighted by Crippen LogP contribution is -2.49. The third-order valence-electron chi connectivity index (χ3n) is 7.59. The summed E-state index contributed by atoms with van der Waals surface area (Å²) in [6, 6.07) is 3.98. The third kappa shape index (κ3) is 3.90. The van der Waals surface area contributed by atoms with Gasteiger partial charge in [-0.25, -0.2) is 8.42 Å². The number of aromatic nitrogens is 1. The maximum atomic E-state index is 11.7. The van der Waals surface area contributed by atoms with Crippen LogP contribution < -0.4 is 0 Å². The number of halogens is 2. The van der Waals surface area contributed by atoms with Gasteiger partial charge in [-0.1, -0.05) is 30.1 Å². The van der Waals surface area contributed by atoms with Crippen LogP contribution in [0.1, 0.15) is 30.5 Å². The topological polar surface area (TPSA) is 56.4 Å². The first-order valence-corrected chi connectivity index (χ1v) is 13.5. The zero-order valence-electron chi connectivity index (χ0n) is 17.3. The monoisotopic (exact) mass is 469 g/mol. The fraction of sp³-hybridized carbons (Fsp3) is 0.636. The smallest absolute Gasteiger partial charge is 0.152 e. The second kappa shape index (κ2) is 7.96. The second-order valence-corrected chi connectivity index (χ2v) is 12.4. The molecule has 1 aromatic carbocycles. The highest BCUT2D eigenvalue weighted by atomic mass is 35.5. The van der Waals surface area contributed by atoms with E-state index < -0.39 is 9.84 Å². The highest BCUT2D eigenvalue weighted by molar-refractivity contribution is 7.91. The van der Waals surface area contributed by atoms with E-state index in [1.807, 2.05) is 12.1 Å². The minimum absolute atomic E-state index is 0.310. The van der Waals surface area contributed by atoms with Crippen LogP contribution in [0.2, 0.25) is 10.0 Å². The molecule has 0 bridgehead atoms. The fourth-order valence-electron chi connectivity index (χ4n) is 5.80. The summed E-state index contributed by atoms with van der Waals surface area (Å²) in [6.45, 7) is 7.97. The molecule has 0 unspecified atom stereocenters. The number of rotatable bonds is 3. The average Bonchev–Trinajstić information content (AvgIpc) is 3.05. The number of H-pyrrole nitrogens is 1. The Morgan fingerprint density at radius 2 is 1.77 bits per heavy atom. The summed E-state index contributed by atoms with van der Waals surface area (Å²) in [5.74, 6) is 2.45. The lowest BCUT2D eigenvalue weighted by atomic mass is 9.68. The molecule has 0 radical (unpaired) electrons. The molecule has 1 aromatic heterocycles. The lowest BCUT2D eigenvalue weighted by molar-refractivity contribution is 0.0866. The molecule has 5 nitrogen and oxygen atoms in total. The molecule has 8 heteroatoms. The van der Waals surface area contributed by atoms with Gasteiger partial charge in [0.05, 0.1) is 21.6 Å². The standard InChI is InChI=1S/C22H29Cl2N3O2S/c1-14-17-13-27(5-4-26-6-8-30(28,29)9-7-26)3-2-15(17)10-21-22(14)16-11-18(23)19(24)12-20(16)25-21/h11-12,14-15,17,25H,2-10,13H2,1H3/t14-,15-,17-/m0/s1. The number of nitrogens with zero attached hydrogens (tertiary/aromatic N) is 2. The Morgan fingerprint density at radius 3 is 2.53 bits per heavy atom. The van der Waals surface area contributed by atoms with Gasteiger partial charge in [-0.3, -0.25) is 0 Å². The van der Waals surface area contributed by atoms with Crippen molar-refractivity contribution < 1.29 is 8.42 Å². The number of fused-ring (bicyclic) bond motifs is 4. The third-order valence-corrected chi connectivity index (χ3v) is 9.92. The van der Waals surface area contributed by atoms with Gasteiger partial charge in [0.25, 0.3) is 0 Å². The van der Waals surface area contributed by atoms with Gasteiger partial charge in [-0.15, -0.1) is 0 Å². The minimum Gasteiger partial charge on any atom is -0.358 e. The fourth-order valence-corrected chi connectivity index (χ4v) is 7.41. The van der Waals surface area contributed by atoms with Gasteiger partial charge in [-0.2, -0.15) is 0 Å². The van der Waals surface area contributed by atoms with Gasteiger partial charge < -0.3 is 14.8 Å². The van der Waals surface area contributed by atoms with Crippen LogP contribution in [0, 0.1) is 11.8 Å². The summed E-state index contributed by atoms with van der Waals surface area (Å²) in [4.78, 5) is 8.52. The Labute approximate surface area is 188 Å². The summed E-state index contributed by atoms with van der Waals surface area (Å²) in [7, 11) is -2.80. The van der Waals surface area contributed by atoms with Crippen LogP contribution in [0.5, 0.6) is 0 Å². The molecule has 1 N–H and O–H groups in total. The van der Waals surface area contributed by atoms with E-state index in [1.165, 1.54) is 23.1 Å². The first-order chi connectivity index (χ1) is 14.3. The number of hydrogen-bond donors (Lipinski definition) is 1. The molecule has 0 spiro atoms. The number of benzene rings is 1. The van der Waals surface area contributed by atoms with Crippen molar-refractivity contribution in [3.05, 3.63) is 33.4 Å². The van der Waals surface area contributed by atoms with Crippen molar-refractivity contribution in [1.82, 2.24) is 14.8 Å². The van der Waals surface area contributed by atoms with Crippen LogP contribution in [-0.2, 0) is 16.3 Å². The van der Waals surface area contributed by atoms with E-state index in [0.717, 1.165) is 38.1 Å². The van der Waals surface area contributed by atoms with Gasteiger partial charge in [-0.05, 0) is 54.8 Å². The second-order valence-electron chi connectivity index (χ2n) is 9.33. The Bertz CT molecular complexity index is 1050. The minimum atomic E-state index is -2.80. The Kier molecular flexibility index (Phi) is 5.60. The van der Waals surface area contributed by atoms with Crippen molar-refractivity contribution in [3.8, 4) is 0 Å². The van der Waals surface area contributed by atoms with Crippen LogP contribution in [-0.4, -0.2) is 74.0 Å². The van der Waals surface area contributed by atoms with Crippen molar-refractivity contribution >= 4 is 43.9 Å². The summed E-state index contributed by atoms with van der Waals surface area (Å²) in [5, 5.41) is 2.44. The van der Waals surface area contributed by atoms with Crippen molar-refractivity contribution in [1.29, 1.82) is 0 Å². The normalized spacial score (nSPS) is 29.6. The maximum absolute atomic E-state index is 11.7. The molecule has 2 saturated heterocycles. The Morgan fingerprint density at radius 1 is 1.07 bits per heavy atom. The van der Waals surface area contributed by atoms with Gasteiger partial charge in [0.1, 0.15) is 0 Å². The molecule has 5 rings (SSSR count). The number of likely N-dealkylation sites (tertiary alicyclic amines) is 1. The summed E-state index contributed by atoms with van der Waals surface area (Å²) in [5.41, 5.74) is 3.88. The van der Waals surface area contributed by atoms with E-state index in [-0.39, 0.29) is 0 Å². The Hall–Kier alpha value is -0.790. The predicted octanol–water partition coefficient (Wildman–Crippen LogP) is 3.80. The number of piperidine rings is 1. The predicted molar refractivity (Wildman–Crippen MR) is 124 cm³/mol. The zero-order chi connectivity index (χ0) is 21.0. The van der Waals surface area contributed by atoms with E-state index in [4.69, 9.17) is 23.2 Å². The van der Waals surface area contributed by atoms with E-state index >= 15 is 0 Å². The quantitative estimate of drug-likeness (QED) is 0.742. The molecule has 1 aliphatic carbocycles. The molecule has 2 aliphatic heterocycles. The molecule has 0 amide bonds. The highest BCUT2D eigenvalue weighted by Gasteiger charge is 2.39. The van der Waals surface area contributed by atoms with Gasteiger partial charge in [0.15, 0.2) is 9.84 Å². The molecular weight excluding hydrogens is 441 g/mol. The largest absolute Gasteiger partial charge is 0.358 e. The number of aromatic amines is 1. The number of hydrogen-bond acceptors (Lipinski definition) is 4. The summed E-state index contributed by atoms with van der Waals surface area (Å²) in [6.07, 6.45) is 2.33. The van der Waals surface area contributed by atoms with E-state index in [1.54, 1.807) is 0 Å². The molecular formula is C22H29Cl2N3O2S. The van der Waals surface area contributed by atoms with Crippen LogP contribution >= 0.6 is 23.2 Å². The van der Waals surface area contributed by atoms with Crippen LogP contribution in [0.25, 0.3) is 10.9 Å². The average molecular weight is 470 g/mol. The van der Waals surface area contributed by atoms with Crippen molar-refractivity contribution in [2.75, 3.05) is 50.8 Å². The SMILES string of the molecule is C[C@@H]1c2c([nH]c3cc(Cl)c(Cl)cc23)C[C@@H]2CCN(CCN3CCS(=O)(=O)CC3)C[C@H]21. The molecule has 2 aromatic rings. The van der Waals surface area contributed by atoms with Crippen molar-refractivity contribution in [2.45, 2.75) is 25.7 Å². The highest BCUT2D eigenvalue weighted by Crippen LogP contribution is 2.47. The molecule has 3 atom stereocenters. The van der Waals surface area contributed by atoms with E-state index in [2.05, 4.69) is 21.7 Å². The molecule has 2 fully saturated rings. The van der Waals surface area contributed by atoms with E-state index in [9.17, 15) is 8.42 Å². The first kappa shape index (κ1) is 21.1.